The van der Waals surface area contributed by atoms with Crippen molar-refractivity contribution < 1.29 is 33.0 Å². The van der Waals surface area contributed by atoms with Crippen molar-refractivity contribution in [3.8, 4) is 11.5 Å². The van der Waals surface area contributed by atoms with E-state index < -0.39 is 24.5 Å². The first-order valence-electron chi connectivity index (χ1n) is 8.18. The summed E-state index contributed by atoms with van der Waals surface area (Å²) >= 11 is 0. The van der Waals surface area contributed by atoms with Crippen LogP contribution in [-0.2, 0) is 20.9 Å². The second-order valence-electron chi connectivity index (χ2n) is 5.36. The molecule has 0 radical (unpaired) electrons. The first kappa shape index (κ1) is 20.6. The number of furan rings is 1. The van der Waals surface area contributed by atoms with Gasteiger partial charge in [-0.25, -0.2) is 9.59 Å². The summed E-state index contributed by atoms with van der Waals surface area (Å²) < 4.78 is 20.1. The van der Waals surface area contributed by atoms with E-state index in [1.165, 1.54) is 26.6 Å². The lowest BCUT2D eigenvalue weighted by molar-refractivity contribution is -0.143. The van der Waals surface area contributed by atoms with Crippen LogP contribution >= 0.6 is 0 Å². The lowest BCUT2D eigenvalue weighted by atomic mass is 10.2. The van der Waals surface area contributed by atoms with Crippen LogP contribution < -0.4 is 20.1 Å². The van der Waals surface area contributed by atoms with Crippen molar-refractivity contribution in [1.82, 2.24) is 10.6 Å². The fraction of sp³-hybridized carbons (Fsp3) is 0.211. The first-order chi connectivity index (χ1) is 13.5. The molecule has 9 nitrogen and oxygen atoms in total. The molecule has 3 amide bonds. The molecule has 28 heavy (non-hydrogen) atoms. The molecule has 0 aliphatic rings. The van der Waals surface area contributed by atoms with Crippen LogP contribution in [0.5, 0.6) is 11.5 Å². The van der Waals surface area contributed by atoms with Gasteiger partial charge in [0.25, 0.3) is 5.91 Å². The van der Waals surface area contributed by atoms with Crippen LogP contribution in [0.2, 0.25) is 0 Å². The summed E-state index contributed by atoms with van der Waals surface area (Å²) in [6.07, 6.45) is 4.09. The third kappa shape index (κ3) is 6.52. The molecule has 0 saturated carbocycles. The minimum atomic E-state index is -0.763. The molecular formula is C19H20N2O7. The number of imide groups is 1. The molecule has 1 aromatic heterocycles. The van der Waals surface area contributed by atoms with Crippen molar-refractivity contribution in [2.24, 2.45) is 0 Å². The number of hydrogen-bond acceptors (Lipinski definition) is 7. The lowest BCUT2D eigenvalue weighted by Crippen LogP contribution is -2.41. The smallest absolute Gasteiger partial charge is 0.331 e. The van der Waals surface area contributed by atoms with Gasteiger partial charge in [-0.05, 0) is 30.3 Å². The Bertz CT molecular complexity index is 844. The number of hydrogen-bond donors (Lipinski definition) is 2. The Balaban J connectivity index is 1.76. The second-order valence-corrected chi connectivity index (χ2v) is 5.36. The van der Waals surface area contributed by atoms with Crippen LogP contribution in [0.15, 0.2) is 47.1 Å². The predicted octanol–water partition coefficient (Wildman–Crippen LogP) is 1.88. The van der Waals surface area contributed by atoms with Crippen LogP contribution in [-0.4, -0.2) is 38.7 Å². The molecule has 0 spiro atoms. The van der Waals surface area contributed by atoms with E-state index in [0.717, 1.165) is 6.08 Å². The number of methoxy groups -OCH3 is 2. The summed E-state index contributed by atoms with van der Waals surface area (Å²) in [5.41, 5.74) is 0.627. The number of rotatable bonds is 8. The normalized spacial score (nSPS) is 10.4. The maximum Gasteiger partial charge on any atom is 0.331 e. The van der Waals surface area contributed by atoms with Gasteiger partial charge in [0.15, 0.2) is 6.61 Å². The molecule has 0 unspecified atom stereocenters. The zero-order chi connectivity index (χ0) is 20.4. The number of urea groups is 1. The first-order valence-corrected chi connectivity index (χ1v) is 8.18. The van der Waals surface area contributed by atoms with E-state index in [0.29, 0.717) is 22.8 Å². The molecule has 1 aromatic carbocycles. The average Bonchev–Trinajstić information content (AvgIpc) is 3.22. The summed E-state index contributed by atoms with van der Waals surface area (Å²) in [6.45, 7) is -0.477. The van der Waals surface area contributed by atoms with E-state index >= 15 is 0 Å². The third-order valence-electron chi connectivity index (χ3n) is 3.44. The number of nitrogens with one attached hydrogen (secondary N) is 2. The summed E-state index contributed by atoms with van der Waals surface area (Å²) in [6, 6.07) is 7.71. The number of carbonyl (C=O) groups excluding carboxylic acids is 3. The topological polar surface area (TPSA) is 116 Å². The van der Waals surface area contributed by atoms with Gasteiger partial charge in [0.1, 0.15) is 17.3 Å². The fourth-order valence-electron chi connectivity index (χ4n) is 2.09. The molecule has 2 aromatic rings. The van der Waals surface area contributed by atoms with Gasteiger partial charge >= 0.3 is 12.0 Å². The van der Waals surface area contributed by atoms with Crippen LogP contribution in [0.25, 0.3) is 6.08 Å². The number of amides is 3. The fourth-order valence-corrected chi connectivity index (χ4v) is 2.09. The molecule has 2 rings (SSSR count). The molecular weight excluding hydrogens is 368 g/mol. The van der Waals surface area contributed by atoms with Crippen LogP contribution in [0.3, 0.4) is 0 Å². The van der Waals surface area contributed by atoms with E-state index in [1.54, 1.807) is 30.3 Å². The zero-order valence-corrected chi connectivity index (χ0v) is 15.4. The van der Waals surface area contributed by atoms with E-state index in [2.05, 4.69) is 5.32 Å². The van der Waals surface area contributed by atoms with Crippen molar-refractivity contribution in [3.63, 3.8) is 0 Å². The average molecular weight is 388 g/mol. The minimum Gasteiger partial charge on any atom is -0.497 e. The van der Waals surface area contributed by atoms with Crippen molar-refractivity contribution in [2.45, 2.75) is 6.54 Å². The molecule has 2 N–H and O–H groups in total. The molecule has 0 saturated heterocycles. The van der Waals surface area contributed by atoms with Crippen molar-refractivity contribution >= 4 is 24.0 Å². The molecule has 148 valence electrons. The van der Waals surface area contributed by atoms with Gasteiger partial charge in [-0.3, -0.25) is 10.1 Å². The zero-order valence-electron chi connectivity index (χ0n) is 15.4. The van der Waals surface area contributed by atoms with Gasteiger partial charge in [-0.1, -0.05) is 0 Å². The van der Waals surface area contributed by atoms with E-state index in [1.807, 2.05) is 5.32 Å². The Morgan fingerprint density at radius 2 is 1.96 bits per heavy atom. The number of benzene rings is 1. The van der Waals surface area contributed by atoms with Gasteiger partial charge in [0.2, 0.25) is 0 Å². The van der Waals surface area contributed by atoms with Gasteiger partial charge in [-0.2, -0.15) is 0 Å². The highest BCUT2D eigenvalue weighted by Gasteiger charge is 2.10. The Labute approximate surface area is 161 Å². The molecule has 1 heterocycles. The van der Waals surface area contributed by atoms with Gasteiger partial charge in [0, 0.05) is 17.7 Å². The van der Waals surface area contributed by atoms with Crippen molar-refractivity contribution in [2.75, 3.05) is 20.8 Å². The standard InChI is InChI=1S/C19H20N2O7/c1-25-14-7-5-13(16(10-14)26-2)6-8-18(23)28-12-17(22)21-19(24)20-11-15-4-3-9-27-15/h3-10H,11-12H2,1-2H3,(H2,20,21,22,24)/b8-6+. The number of esters is 1. The number of carbonyl (C=O) groups is 3. The quantitative estimate of drug-likeness (QED) is 0.524. The Morgan fingerprint density at radius 1 is 1.14 bits per heavy atom. The summed E-state index contributed by atoms with van der Waals surface area (Å²) in [5.74, 6) is 0.144. The van der Waals surface area contributed by atoms with Gasteiger partial charge < -0.3 is 23.9 Å². The monoisotopic (exact) mass is 388 g/mol. The Hall–Kier alpha value is -3.75. The maximum atomic E-state index is 11.7. The largest absolute Gasteiger partial charge is 0.497 e. The third-order valence-corrected chi connectivity index (χ3v) is 3.44. The molecule has 0 bridgehead atoms. The highest BCUT2D eigenvalue weighted by atomic mass is 16.5. The van der Waals surface area contributed by atoms with E-state index in [9.17, 15) is 14.4 Å². The van der Waals surface area contributed by atoms with Crippen LogP contribution in [0, 0.1) is 0 Å². The molecule has 9 heteroatoms. The van der Waals surface area contributed by atoms with Gasteiger partial charge in [-0.15, -0.1) is 0 Å². The lowest BCUT2D eigenvalue weighted by Gasteiger charge is -2.07. The van der Waals surface area contributed by atoms with Crippen molar-refractivity contribution in [3.05, 3.63) is 54.0 Å². The van der Waals surface area contributed by atoms with Gasteiger partial charge in [0.05, 0.1) is 27.0 Å². The number of ether oxygens (including phenoxy) is 3. The SMILES string of the molecule is COc1ccc(/C=C/C(=O)OCC(=O)NC(=O)NCc2ccco2)c(OC)c1. The summed E-state index contributed by atoms with van der Waals surface area (Å²) in [4.78, 5) is 34.9. The maximum absolute atomic E-state index is 11.7. The molecule has 0 atom stereocenters. The Kier molecular flexibility index (Phi) is 7.64. The van der Waals surface area contributed by atoms with E-state index in [4.69, 9.17) is 18.6 Å². The molecule has 0 aliphatic carbocycles. The van der Waals surface area contributed by atoms with E-state index in [-0.39, 0.29) is 6.54 Å². The molecule has 0 fully saturated rings. The van der Waals surface area contributed by atoms with Crippen LogP contribution in [0.4, 0.5) is 4.79 Å². The summed E-state index contributed by atoms with van der Waals surface area (Å²) in [5, 5.41) is 4.47. The second kappa shape index (κ2) is 10.4. The predicted molar refractivity (Wildman–Crippen MR) is 98.6 cm³/mol. The minimum absolute atomic E-state index is 0.123. The summed E-state index contributed by atoms with van der Waals surface area (Å²) in [7, 11) is 3.02. The van der Waals surface area contributed by atoms with Crippen molar-refractivity contribution in [1.29, 1.82) is 0 Å². The highest BCUT2D eigenvalue weighted by Crippen LogP contribution is 2.25. The molecule has 0 aliphatic heterocycles. The Morgan fingerprint density at radius 3 is 2.64 bits per heavy atom. The van der Waals surface area contributed by atoms with Crippen LogP contribution in [0.1, 0.15) is 11.3 Å². The highest BCUT2D eigenvalue weighted by molar-refractivity contribution is 5.96.